The number of likely N-dealkylation sites (tertiary alicyclic amines) is 2. The fourth-order valence-corrected chi connectivity index (χ4v) is 11.7. The molecule has 60 heavy (non-hydrogen) atoms. The van der Waals surface area contributed by atoms with Crippen LogP contribution in [0.5, 0.6) is 0 Å². The van der Waals surface area contributed by atoms with Crippen molar-refractivity contribution in [2.45, 2.75) is 89.9 Å². The topological polar surface area (TPSA) is 153 Å². The standard InChI is InChI=1S/C44H46ClN9O5S/c1-23-24(2)60-44-38(23)39(27-4-6-28(45)7-5-27)46-34(40-49-48-25(3)52(40)44)19-37(56)51-16-14-26(15-17-51)20-50-21-30-8-9-31(22-50)53(30)29-10-11-32-33(18-29)43(59)54(42(32)58)35-12-13-36(55)47-41(35)57/h4-7,10-11,18,26,30-31,34-35H,8-9,12-17,19-22H2,1-3H3,(H,47,55,57)/t30?,31?,34-,35?/m0/s1. The lowest BCUT2D eigenvalue weighted by Crippen LogP contribution is -2.55. The molecule has 0 saturated carbocycles. The number of aryl methyl sites for hydroxylation is 2. The average Bonchev–Trinajstić information content (AvgIpc) is 3.89. The normalized spacial score (nSPS) is 24.3. The highest BCUT2D eigenvalue weighted by atomic mass is 35.5. The first-order valence-electron chi connectivity index (χ1n) is 20.9. The molecule has 4 aromatic rings. The van der Waals surface area contributed by atoms with E-state index in [0.717, 1.165) is 89.1 Å². The number of nitrogens with zero attached hydrogens (tertiary/aromatic N) is 8. The number of halogens is 1. The lowest BCUT2D eigenvalue weighted by molar-refractivity contribution is -0.136. The number of nitrogens with one attached hydrogen (secondary N) is 1. The van der Waals surface area contributed by atoms with Gasteiger partial charge >= 0.3 is 0 Å². The molecule has 1 N–H and O–H groups in total. The van der Waals surface area contributed by atoms with Gasteiger partial charge in [-0.2, -0.15) is 0 Å². The van der Waals surface area contributed by atoms with E-state index < -0.39 is 35.7 Å². The minimum Gasteiger partial charge on any atom is -0.363 e. The average molecular weight is 848 g/mol. The van der Waals surface area contributed by atoms with Crippen LogP contribution in [0.4, 0.5) is 5.69 Å². The SMILES string of the molecule is Cc1sc2c(c1C)C(c1ccc(Cl)cc1)=N[C@@H](CC(=O)N1CCC(CN3CC4CCC(C3)N4c3ccc4c(c3)C(=O)N(C3CCC(=O)NC3=O)C4=O)CC1)c1nnc(C)n1-2. The number of carbonyl (C=O) groups is 5. The Kier molecular flexibility index (Phi) is 9.75. The van der Waals surface area contributed by atoms with Crippen molar-refractivity contribution >= 4 is 63.9 Å². The number of benzene rings is 2. The van der Waals surface area contributed by atoms with Gasteiger partial charge in [0.05, 0.1) is 23.3 Å². The molecule has 16 heteroatoms. The molecule has 10 rings (SSSR count). The fourth-order valence-electron chi connectivity index (χ4n) is 10.3. The third-order valence-corrected chi connectivity index (χ3v) is 14.9. The van der Waals surface area contributed by atoms with Gasteiger partial charge in [-0.05, 0) is 94.7 Å². The van der Waals surface area contributed by atoms with Crippen molar-refractivity contribution in [3.63, 3.8) is 0 Å². The summed E-state index contributed by atoms with van der Waals surface area (Å²) in [5.41, 5.74) is 5.53. The van der Waals surface area contributed by atoms with Crippen LogP contribution in [-0.4, -0.2) is 116 Å². The van der Waals surface area contributed by atoms with Crippen molar-refractivity contribution < 1.29 is 24.0 Å². The van der Waals surface area contributed by atoms with Crippen LogP contribution >= 0.6 is 22.9 Å². The Balaban J connectivity index is 0.785. The summed E-state index contributed by atoms with van der Waals surface area (Å²) in [4.78, 5) is 79.8. The van der Waals surface area contributed by atoms with Gasteiger partial charge in [-0.3, -0.25) is 48.6 Å². The van der Waals surface area contributed by atoms with Crippen molar-refractivity contribution in [2.24, 2.45) is 10.9 Å². The molecule has 4 saturated heterocycles. The van der Waals surface area contributed by atoms with Gasteiger partial charge in [0.1, 0.15) is 22.9 Å². The lowest BCUT2D eigenvalue weighted by atomic mass is 9.95. The van der Waals surface area contributed by atoms with Gasteiger partial charge in [-0.25, -0.2) is 0 Å². The lowest BCUT2D eigenvalue weighted by Gasteiger charge is -2.44. The minimum absolute atomic E-state index is 0.0735. The summed E-state index contributed by atoms with van der Waals surface area (Å²) in [6.45, 7) is 10.4. The first kappa shape index (κ1) is 38.9. The Morgan fingerprint density at radius 3 is 2.32 bits per heavy atom. The molecular weight excluding hydrogens is 802 g/mol. The molecule has 2 bridgehead atoms. The highest BCUT2D eigenvalue weighted by molar-refractivity contribution is 7.15. The van der Waals surface area contributed by atoms with Gasteiger partial charge in [-0.1, -0.05) is 23.7 Å². The van der Waals surface area contributed by atoms with Crippen LogP contribution in [0.1, 0.15) is 105 Å². The Hall–Kier alpha value is -5.25. The highest BCUT2D eigenvalue weighted by Gasteiger charge is 2.46. The zero-order valence-corrected chi connectivity index (χ0v) is 35.4. The van der Waals surface area contributed by atoms with Crippen molar-refractivity contribution in [2.75, 3.05) is 37.6 Å². The maximum atomic E-state index is 14.1. The number of hydrogen-bond donors (Lipinski definition) is 1. The van der Waals surface area contributed by atoms with E-state index in [2.05, 4.69) is 43.7 Å². The van der Waals surface area contributed by atoms with Crippen molar-refractivity contribution in [1.29, 1.82) is 0 Å². The molecular formula is C44H46ClN9O5S. The number of piperazine rings is 1. The molecule has 2 aromatic heterocycles. The molecule has 0 radical (unpaired) electrons. The summed E-state index contributed by atoms with van der Waals surface area (Å²) >= 11 is 7.99. The van der Waals surface area contributed by atoms with E-state index in [9.17, 15) is 24.0 Å². The van der Waals surface area contributed by atoms with Gasteiger partial charge in [-0.15, -0.1) is 21.5 Å². The monoisotopic (exact) mass is 847 g/mol. The zero-order chi connectivity index (χ0) is 41.6. The van der Waals surface area contributed by atoms with Gasteiger partial charge in [0.2, 0.25) is 17.7 Å². The Morgan fingerprint density at radius 1 is 0.883 bits per heavy atom. The number of anilines is 1. The Labute approximate surface area is 356 Å². The number of amides is 5. The molecule has 8 heterocycles. The quantitative estimate of drug-likeness (QED) is 0.248. The van der Waals surface area contributed by atoms with Gasteiger partial charge in [0.25, 0.3) is 11.8 Å². The fraction of sp³-hybridized carbons (Fsp3) is 0.455. The third-order valence-electron chi connectivity index (χ3n) is 13.5. The number of fused-ring (bicyclic) bond motifs is 6. The minimum atomic E-state index is -0.982. The van der Waals surface area contributed by atoms with Crippen LogP contribution in [0.2, 0.25) is 5.02 Å². The van der Waals surface area contributed by atoms with Crippen LogP contribution in [0, 0.1) is 26.7 Å². The summed E-state index contributed by atoms with van der Waals surface area (Å²) < 4.78 is 2.09. The number of imide groups is 2. The van der Waals surface area contributed by atoms with E-state index in [0.29, 0.717) is 41.0 Å². The second-order valence-electron chi connectivity index (χ2n) is 17.1. The number of carbonyl (C=O) groups excluding carboxylic acids is 5. The van der Waals surface area contributed by atoms with Crippen molar-refractivity contribution in [3.8, 4) is 5.00 Å². The third kappa shape index (κ3) is 6.56. The van der Waals surface area contributed by atoms with E-state index in [1.54, 1.807) is 17.4 Å². The molecule has 3 unspecified atom stereocenters. The van der Waals surface area contributed by atoms with Crippen LogP contribution in [-0.2, 0) is 14.4 Å². The van der Waals surface area contributed by atoms with Gasteiger partial charge in [0, 0.05) is 77.9 Å². The largest absolute Gasteiger partial charge is 0.363 e. The van der Waals surface area contributed by atoms with Gasteiger partial charge in [0.15, 0.2) is 5.82 Å². The molecule has 6 aliphatic rings. The summed E-state index contributed by atoms with van der Waals surface area (Å²) in [6.07, 6.45) is 4.38. The summed E-state index contributed by atoms with van der Waals surface area (Å²) in [5.74, 6) is 0.0379. The second kappa shape index (κ2) is 15.0. The van der Waals surface area contributed by atoms with Crippen LogP contribution in [0.15, 0.2) is 47.5 Å². The molecule has 0 aliphatic carbocycles. The molecule has 4 fully saturated rings. The molecule has 5 amide bonds. The number of thiophene rings is 1. The summed E-state index contributed by atoms with van der Waals surface area (Å²) in [6, 6.07) is 12.3. The molecule has 4 atom stereocenters. The van der Waals surface area contributed by atoms with Gasteiger partial charge < -0.3 is 9.80 Å². The van der Waals surface area contributed by atoms with Crippen molar-refractivity contribution in [1.82, 2.24) is 34.8 Å². The predicted octanol–water partition coefficient (Wildman–Crippen LogP) is 5.18. The Morgan fingerprint density at radius 2 is 1.60 bits per heavy atom. The van der Waals surface area contributed by atoms with E-state index in [1.807, 2.05) is 48.2 Å². The van der Waals surface area contributed by atoms with Crippen LogP contribution in [0.3, 0.4) is 0 Å². The second-order valence-corrected chi connectivity index (χ2v) is 18.8. The number of aliphatic imine (C=N–C) groups is 1. The van der Waals surface area contributed by atoms with E-state index in [4.69, 9.17) is 16.6 Å². The van der Waals surface area contributed by atoms with E-state index >= 15 is 0 Å². The molecule has 310 valence electrons. The maximum absolute atomic E-state index is 14.1. The number of aromatic nitrogens is 3. The summed E-state index contributed by atoms with van der Waals surface area (Å²) in [7, 11) is 0. The predicted molar refractivity (Wildman–Crippen MR) is 226 cm³/mol. The molecule has 6 aliphatic heterocycles. The van der Waals surface area contributed by atoms with E-state index in [1.165, 1.54) is 4.88 Å². The van der Waals surface area contributed by atoms with Crippen molar-refractivity contribution in [3.05, 3.63) is 91.8 Å². The van der Waals surface area contributed by atoms with Crippen LogP contribution < -0.4 is 10.2 Å². The first-order valence-corrected chi connectivity index (χ1v) is 22.1. The smallest absolute Gasteiger partial charge is 0.262 e. The first-order chi connectivity index (χ1) is 28.9. The van der Waals surface area contributed by atoms with E-state index in [-0.39, 0.29) is 37.3 Å². The number of hydrogen-bond acceptors (Lipinski definition) is 11. The molecule has 0 spiro atoms. The number of piperidine rings is 2. The molecule has 14 nitrogen and oxygen atoms in total. The summed E-state index contributed by atoms with van der Waals surface area (Å²) in [5, 5.41) is 13.0. The van der Waals surface area contributed by atoms with Crippen LogP contribution in [0.25, 0.3) is 5.00 Å². The highest BCUT2D eigenvalue weighted by Crippen LogP contribution is 2.41. The number of rotatable bonds is 7. The Bertz CT molecular complexity index is 2490. The molecule has 2 aromatic carbocycles. The maximum Gasteiger partial charge on any atom is 0.262 e. The zero-order valence-electron chi connectivity index (χ0n) is 33.8.